The number of aromatic amines is 1. The zero-order valence-electron chi connectivity index (χ0n) is 10.9. The van der Waals surface area contributed by atoms with Gasteiger partial charge in [-0.3, -0.25) is 9.59 Å². The molecule has 0 aliphatic carbocycles. The predicted octanol–water partition coefficient (Wildman–Crippen LogP) is 0.993. The van der Waals surface area contributed by atoms with Crippen LogP contribution in [0.1, 0.15) is 25.3 Å². The molecule has 0 saturated carbocycles. The smallest absolute Gasteiger partial charge is 0.258 e. The molecule has 0 aliphatic heterocycles. The van der Waals surface area contributed by atoms with Crippen LogP contribution in [0, 0.1) is 0 Å². The molecule has 0 unspecified atom stereocenters. The molecule has 0 aromatic carbocycles. The van der Waals surface area contributed by atoms with E-state index in [-0.39, 0.29) is 39.7 Å². The van der Waals surface area contributed by atoms with E-state index in [4.69, 9.17) is 0 Å². The van der Waals surface area contributed by atoms with Crippen molar-refractivity contribution in [2.75, 3.05) is 12.3 Å². The number of carbonyl (C=O) groups is 1. The number of hydrogen-bond acceptors (Lipinski definition) is 5. The highest BCUT2D eigenvalue weighted by atomic mass is 32.2. The molecule has 0 radical (unpaired) electrons. The maximum Gasteiger partial charge on any atom is 0.258 e. The maximum atomic E-state index is 11.7. The van der Waals surface area contributed by atoms with E-state index in [2.05, 4.69) is 21.9 Å². The van der Waals surface area contributed by atoms with Gasteiger partial charge >= 0.3 is 0 Å². The largest absolute Gasteiger partial charge is 0.493 e. The Morgan fingerprint density at radius 3 is 2.84 bits per heavy atom. The summed E-state index contributed by atoms with van der Waals surface area (Å²) in [6.45, 7) is 7.46. The fourth-order valence-corrected chi connectivity index (χ4v) is 2.10. The van der Waals surface area contributed by atoms with Crippen molar-refractivity contribution >= 4 is 17.7 Å². The molecular formula is C12H17N3O3S. The second-order valence-corrected chi connectivity index (χ2v) is 5.11. The third-order valence-electron chi connectivity index (χ3n) is 2.27. The Bertz CT molecular complexity index is 525. The summed E-state index contributed by atoms with van der Waals surface area (Å²) in [5, 5.41) is 12.5. The van der Waals surface area contributed by atoms with Crippen LogP contribution in [0.5, 0.6) is 5.88 Å². The minimum Gasteiger partial charge on any atom is -0.493 e. The van der Waals surface area contributed by atoms with Crippen LogP contribution < -0.4 is 10.9 Å². The molecule has 7 heteroatoms. The summed E-state index contributed by atoms with van der Waals surface area (Å²) in [4.78, 5) is 29.5. The molecular weight excluding hydrogens is 266 g/mol. The number of rotatable bonds is 6. The lowest BCUT2D eigenvalue weighted by Crippen LogP contribution is -2.25. The lowest BCUT2D eigenvalue weighted by molar-refractivity contribution is -0.118. The van der Waals surface area contributed by atoms with Gasteiger partial charge in [-0.1, -0.05) is 31.7 Å². The molecule has 1 heterocycles. The molecule has 0 bridgehead atoms. The molecule has 1 amide bonds. The molecule has 0 atom stereocenters. The summed E-state index contributed by atoms with van der Waals surface area (Å²) in [7, 11) is 0. The topological polar surface area (TPSA) is 95.1 Å². The second kappa shape index (κ2) is 6.98. The number of carbonyl (C=O) groups excluding carboxylic acids is 1. The van der Waals surface area contributed by atoms with Gasteiger partial charge in [-0.25, -0.2) is 0 Å². The molecule has 0 saturated heterocycles. The van der Waals surface area contributed by atoms with E-state index >= 15 is 0 Å². The van der Waals surface area contributed by atoms with Gasteiger partial charge in [0.25, 0.3) is 5.56 Å². The summed E-state index contributed by atoms with van der Waals surface area (Å²) < 4.78 is 0. The van der Waals surface area contributed by atoms with Gasteiger partial charge < -0.3 is 15.4 Å². The minimum atomic E-state index is -0.378. The van der Waals surface area contributed by atoms with Gasteiger partial charge in [-0.05, 0) is 5.92 Å². The Morgan fingerprint density at radius 1 is 1.63 bits per heavy atom. The Balaban J connectivity index is 2.73. The van der Waals surface area contributed by atoms with Crippen molar-refractivity contribution < 1.29 is 9.90 Å². The van der Waals surface area contributed by atoms with E-state index in [9.17, 15) is 14.7 Å². The van der Waals surface area contributed by atoms with E-state index in [1.807, 2.05) is 0 Å². The van der Waals surface area contributed by atoms with Gasteiger partial charge in [0.1, 0.15) is 0 Å². The van der Waals surface area contributed by atoms with Gasteiger partial charge in [0.15, 0.2) is 5.16 Å². The van der Waals surface area contributed by atoms with Crippen LogP contribution in [-0.4, -0.2) is 33.3 Å². The molecule has 6 nitrogen and oxygen atoms in total. The van der Waals surface area contributed by atoms with Crippen LogP contribution in [0.15, 0.2) is 22.6 Å². The molecule has 1 aromatic heterocycles. The Kier molecular flexibility index (Phi) is 5.62. The number of aromatic nitrogens is 2. The highest BCUT2D eigenvalue weighted by Gasteiger charge is 2.14. The van der Waals surface area contributed by atoms with E-state index in [1.54, 1.807) is 19.9 Å². The zero-order chi connectivity index (χ0) is 14.4. The van der Waals surface area contributed by atoms with Crippen LogP contribution in [0.4, 0.5) is 0 Å². The molecule has 1 rings (SSSR count). The SMILES string of the molecule is C=CCNC(=O)CSc1nc(O)c(C(C)C)c(=O)[nH]1. The van der Waals surface area contributed by atoms with Crippen LogP contribution in [0.3, 0.4) is 0 Å². The van der Waals surface area contributed by atoms with E-state index in [0.717, 1.165) is 11.8 Å². The van der Waals surface area contributed by atoms with Crippen molar-refractivity contribution in [3.8, 4) is 5.88 Å². The summed E-state index contributed by atoms with van der Waals surface area (Å²) in [5.41, 5.74) is -0.128. The normalized spacial score (nSPS) is 10.5. The van der Waals surface area contributed by atoms with Crippen LogP contribution >= 0.6 is 11.8 Å². The highest BCUT2D eigenvalue weighted by Crippen LogP contribution is 2.21. The van der Waals surface area contributed by atoms with E-state index < -0.39 is 0 Å². The zero-order valence-corrected chi connectivity index (χ0v) is 11.7. The van der Waals surface area contributed by atoms with Crippen molar-refractivity contribution in [1.82, 2.24) is 15.3 Å². The molecule has 19 heavy (non-hydrogen) atoms. The summed E-state index contributed by atoms with van der Waals surface area (Å²) in [6.07, 6.45) is 1.58. The third kappa shape index (κ3) is 4.44. The summed E-state index contributed by atoms with van der Waals surface area (Å²) >= 11 is 1.05. The molecule has 0 spiro atoms. The molecule has 3 N–H and O–H groups in total. The molecule has 0 fully saturated rings. The maximum absolute atomic E-state index is 11.7. The number of thioether (sulfide) groups is 1. The number of nitrogens with zero attached hydrogens (tertiary/aromatic N) is 1. The van der Waals surface area contributed by atoms with Crippen molar-refractivity contribution in [2.45, 2.75) is 24.9 Å². The second-order valence-electron chi connectivity index (χ2n) is 4.14. The first kappa shape index (κ1) is 15.3. The minimum absolute atomic E-state index is 0.108. The molecule has 104 valence electrons. The van der Waals surface area contributed by atoms with Crippen molar-refractivity contribution in [1.29, 1.82) is 0 Å². The number of H-pyrrole nitrogens is 1. The number of amides is 1. The van der Waals surface area contributed by atoms with Gasteiger partial charge in [0.05, 0.1) is 11.3 Å². The van der Waals surface area contributed by atoms with E-state index in [0.29, 0.717) is 6.54 Å². The third-order valence-corrected chi connectivity index (χ3v) is 3.15. The lowest BCUT2D eigenvalue weighted by atomic mass is 10.1. The first-order chi connectivity index (χ1) is 8.95. The average molecular weight is 283 g/mol. The summed E-state index contributed by atoms with van der Waals surface area (Å²) in [5.74, 6) is -0.490. The van der Waals surface area contributed by atoms with Crippen LogP contribution in [0.25, 0.3) is 0 Å². The Labute approximate surface area is 115 Å². The van der Waals surface area contributed by atoms with Crippen molar-refractivity contribution in [3.05, 3.63) is 28.6 Å². The number of hydrogen-bond donors (Lipinski definition) is 3. The van der Waals surface area contributed by atoms with Gasteiger partial charge in [0, 0.05) is 6.54 Å². The predicted molar refractivity (Wildman–Crippen MR) is 74.5 cm³/mol. The monoisotopic (exact) mass is 283 g/mol. The van der Waals surface area contributed by atoms with Gasteiger partial charge in [0.2, 0.25) is 11.8 Å². The van der Waals surface area contributed by atoms with Crippen molar-refractivity contribution in [3.63, 3.8) is 0 Å². The highest BCUT2D eigenvalue weighted by molar-refractivity contribution is 7.99. The quantitative estimate of drug-likeness (QED) is 0.411. The summed E-state index contributed by atoms with van der Waals surface area (Å²) in [6, 6.07) is 0. The fraction of sp³-hybridized carbons (Fsp3) is 0.417. The lowest BCUT2D eigenvalue weighted by Gasteiger charge is -2.07. The Hall–Kier alpha value is -1.76. The van der Waals surface area contributed by atoms with Gasteiger partial charge in [-0.15, -0.1) is 6.58 Å². The molecule has 0 aliphatic rings. The van der Waals surface area contributed by atoms with Crippen LogP contribution in [0.2, 0.25) is 0 Å². The first-order valence-electron chi connectivity index (χ1n) is 5.79. The fourth-order valence-electron chi connectivity index (χ4n) is 1.41. The van der Waals surface area contributed by atoms with E-state index in [1.165, 1.54) is 0 Å². The Morgan fingerprint density at radius 2 is 2.32 bits per heavy atom. The number of aromatic hydroxyl groups is 1. The average Bonchev–Trinajstić information content (AvgIpc) is 2.32. The number of nitrogens with one attached hydrogen (secondary N) is 2. The molecule has 1 aromatic rings. The van der Waals surface area contributed by atoms with Gasteiger partial charge in [-0.2, -0.15) is 4.98 Å². The van der Waals surface area contributed by atoms with Crippen LogP contribution in [-0.2, 0) is 4.79 Å². The van der Waals surface area contributed by atoms with Crippen molar-refractivity contribution in [2.24, 2.45) is 0 Å². The first-order valence-corrected chi connectivity index (χ1v) is 6.77. The standard InChI is InChI=1S/C12H17N3O3S/c1-4-5-13-8(16)6-19-12-14-10(17)9(7(2)3)11(18)15-12/h4,7H,1,5-6H2,2-3H3,(H,13,16)(H2,14,15,17,18).